The molecule has 1 amide bonds. The molecule has 2 aliphatic rings. The van der Waals surface area contributed by atoms with Gasteiger partial charge in [0.05, 0.1) is 5.69 Å². The lowest BCUT2D eigenvalue weighted by molar-refractivity contribution is -0.122. The van der Waals surface area contributed by atoms with Gasteiger partial charge in [-0.1, -0.05) is 18.6 Å². The van der Waals surface area contributed by atoms with E-state index in [9.17, 15) is 4.79 Å². The van der Waals surface area contributed by atoms with E-state index < -0.39 is 0 Å². The average molecular weight is 327 g/mol. The quantitative estimate of drug-likeness (QED) is 0.917. The van der Waals surface area contributed by atoms with E-state index in [4.69, 9.17) is 4.98 Å². The Morgan fingerprint density at radius 1 is 1.13 bits per heavy atom. The number of aromatic nitrogens is 1. The zero-order chi connectivity index (χ0) is 15.6. The minimum absolute atomic E-state index is 0.161. The summed E-state index contributed by atoms with van der Waals surface area (Å²) in [5.41, 5.74) is 3.00. The first-order chi connectivity index (χ1) is 11.3. The molecule has 2 fully saturated rings. The van der Waals surface area contributed by atoms with Gasteiger partial charge in [0.15, 0.2) is 5.13 Å². The number of nitrogens with zero attached hydrogens (tertiary/aromatic N) is 2. The monoisotopic (exact) mass is 327 g/mol. The molecule has 1 saturated heterocycles. The van der Waals surface area contributed by atoms with Gasteiger partial charge in [-0.25, -0.2) is 4.98 Å². The Morgan fingerprint density at radius 2 is 1.87 bits per heavy atom. The zero-order valence-corrected chi connectivity index (χ0v) is 13.9. The van der Waals surface area contributed by atoms with E-state index in [1.807, 2.05) is 24.3 Å². The number of carbonyl (C=O) groups is 1. The number of anilines is 2. The standard InChI is InChI=1S/C18H21N3OS/c22-17(14-4-3-5-14)19-15-8-6-13(7-9-15)16-12-23-18(20-16)21-10-1-2-11-21/h6-9,12,14H,1-5,10-11H2,(H,19,22). The fraction of sp³-hybridized carbons (Fsp3) is 0.444. The topological polar surface area (TPSA) is 45.2 Å². The molecule has 1 aromatic heterocycles. The van der Waals surface area contributed by atoms with Gasteiger partial charge in [-0.05, 0) is 37.8 Å². The van der Waals surface area contributed by atoms with Crippen molar-refractivity contribution in [2.75, 3.05) is 23.3 Å². The highest BCUT2D eigenvalue weighted by Gasteiger charge is 2.25. The van der Waals surface area contributed by atoms with E-state index in [1.165, 1.54) is 19.3 Å². The third-order valence-electron chi connectivity index (χ3n) is 4.79. The number of thiazole rings is 1. The predicted octanol–water partition coefficient (Wildman–Crippen LogP) is 4.15. The van der Waals surface area contributed by atoms with Crippen LogP contribution in [0.3, 0.4) is 0 Å². The molecule has 0 atom stereocenters. The lowest BCUT2D eigenvalue weighted by Gasteiger charge is -2.24. The van der Waals surface area contributed by atoms with Crippen LogP contribution in [0.5, 0.6) is 0 Å². The molecule has 5 heteroatoms. The minimum atomic E-state index is 0.161. The summed E-state index contributed by atoms with van der Waals surface area (Å²) < 4.78 is 0. The molecule has 4 nitrogen and oxygen atoms in total. The number of carbonyl (C=O) groups excluding carboxylic acids is 1. The van der Waals surface area contributed by atoms with Crippen LogP contribution in [0, 0.1) is 5.92 Å². The molecule has 120 valence electrons. The van der Waals surface area contributed by atoms with Gasteiger partial charge in [0, 0.05) is 35.6 Å². The third kappa shape index (κ3) is 3.11. The number of hydrogen-bond acceptors (Lipinski definition) is 4. The zero-order valence-electron chi connectivity index (χ0n) is 13.1. The molecule has 4 rings (SSSR count). The van der Waals surface area contributed by atoms with Crippen LogP contribution >= 0.6 is 11.3 Å². The second kappa shape index (κ2) is 6.32. The first-order valence-electron chi connectivity index (χ1n) is 8.41. The van der Waals surface area contributed by atoms with Crippen LogP contribution in [0.15, 0.2) is 29.6 Å². The van der Waals surface area contributed by atoms with Crippen molar-refractivity contribution >= 4 is 28.1 Å². The fourth-order valence-corrected chi connectivity index (χ4v) is 3.98. The summed E-state index contributed by atoms with van der Waals surface area (Å²) in [7, 11) is 0. The van der Waals surface area contributed by atoms with Gasteiger partial charge in [-0.2, -0.15) is 0 Å². The number of hydrogen-bond donors (Lipinski definition) is 1. The Bertz CT molecular complexity index is 685. The van der Waals surface area contributed by atoms with Crippen molar-refractivity contribution in [2.45, 2.75) is 32.1 Å². The van der Waals surface area contributed by atoms with Crippen molar-refractivity contribution in [1.29, 1.82) is 0 Å². The van der Waals surface area contributed by atoms with Crippen molar-refractivity contribution in [3.05, 3.63) is 29.6 Å². The summed E-state index contributed by atoms with van der Waals surface area (Å²) in [6.07, 6.45) is 5.78. The maximum Gasteiger partial charge on any atom is 0.227 e. The Hall–Kier alpha value is -1.88. The second-order valence-electron chi connectivity index (χ2n) is 6.40. The lowest BCUT2D eigenvalue weighted by atomic mass is 9.85. The van der Waals surface area contributed by atoms with Crippen LogP contribution in [0.4, 0.5) is 10.8 Å². The fourth-order valence-electron chi connectivity index (χ4n) is 3.09. The van der Waals surface area contributed by atoms with Crippen LogP contribution in [0.1, 0.15) is 32.1 Å². The maximum atomic E-state index is 12.0. The smallest absolute Gasteiger partial charge is 0.227 e. The summed E-state index contributed by atoms with van der Waals surface area (Å²) >= 11 is 1.72. The maximum absolute atomic E-state index is 12.0. The highest BCUT2D eigenvalue weighted by Crippen LogP contribution is 2.31. The van der Waals surface area contributed by atoms with Crippen molar-refractivity contribution < 1.29 is 4.79 Å². The van der Waals surface area contributed by atoms with E-state index >= 15 is 0 Å². The van der Waals surface area contributed by atoms with Gasteiger partial charge in [0.2, 0.25) is 5.91 Å². The molecule has 2 aromatic rings. The van der Waals surface area contributed by atoms with E-state index in [-0.39, 0.29) is 11.8 Å². The highest BCUT2D eigenvalue weighted by molar-refractivity contribution is 7.14. The largest absolute Gasteiger partial charge is 0.348 e. The number of amides is 1. The van der Waals surface area contributed by atoms with Crippen LogP contribution in [0.2, 0.25) is 0 Å². The minimum Gasteiger partial charge on any atom is -0.348 e. The molecule has 0 spiro atoms. The van der Waals surface area contributed by atoms with Gasteiger partial charge in [0.25, 0.3) is 0 Å². The Balaban J connectivity index is 1.44. The normalized spacial score (nSPS) is 18.0. The number of rotatable bonds is 4. The van der Waals surface area contributed by atoms with Crippen LogP contribution in [-0.4, -0.2) is 24.0 Å². The van der Waals surface area contributed by atoms with E-state index in [1.54, 1.807) is 11.3 Å². The second-order valence-corrected chi connectivity index (χ2v) is 7.24. The van der Waals surface area contributed by atoms with E-state index in [0.29, 0.717) is 0 Å². The van der Waals surface area contributed by atoms with Crippen LogP contribution in [0.25, 0.3) is 11.3 Å². The average Bonchev–Trinajstić information content (AvgIpc) is 3.17. The predicted molar refractivity (Wildman–Crippen MR) is 95.0 cm³/mol. The molecule has 0 bridgehead atoms. The van der Waals surface area contributed by atoms with Gasteiger partial charge in [0.1, 0.15) is 0 Å². The molecule has 1 aromatic carbocycles. The Kier molecular flexibility index (Phi) is 4.04. The lowest BCUT2D eigenvalue weighted by Crippen LogP contribution is -2.27. The van der Waals surface area contributed by atoms with Crippen molar-refractivity contribution in [3.63, 3.8) is 0 Å². The summed E-state index contributed by atoms with van der Waals surface area (Å²) in [5.74, 6) is 0.380. The summed E-state index contributed by atoms with van der Waals surface area (Å²) in [5, 5.41) is 6.25. The molecular formula is C18H21N3OS. The molecule has 1 N–H and O–H groups in total. The number of nitrogens with one attached hydrogen (secondary N) is 1. The van der Waals surface area contributed by atoms with Crippen molar-refractivity contribution in [3.8, 4) is 11.3 Å². The first-order valence-corrected chi connectivity index (χ1v) is 9.29. The summed E-state index contributed by atoms with van der Waals surface area (Å²) in [6, 6.07) is 8.03. The molecule has 0 unspecified atom stereocenters. The van der Waals surface area contributed by atoms with E-state index in [2.05, 4.69) is 15.6 Å². The summed E-state index contributed by atoms with van der Waals surface area (Å²) in [4.78, 5) is 19.1. The Morgan fingerprint density at radius 3 is 2.52 bits per heavy atom. The van der Waals surface area contributed by atoms with Gasteiger partial charge in [-0.3, -0.25) is 4.79 Å². The van der Waals surface area contributed by atoms with Crippen LogP contribution in [-0.2, 0) is 4.79 Å². The molecule has 1 aliphatic heterocycles. The Labute approximate surface area is 140 Å². The van der Waals surface area contributed by atoms with E-state index in [0.717, 1.165) is 48.0 Å². The molecule has 2 heterocycles. The molecular weight excluding hydrogens is 306 g/mol. The highest BCUT2D eigenvalue weighted by atomic mass is 32.1. The molecule has 1 saturated carbocycles. The van der Waals surface area contributed by atoms with Crippen molar-refractivity contribution in [1.82, 2.24) is 4.98 Å². The number of benzene rings is 1. The third-order valence-corrected chi connectivity index (χ3v) is 5.69. The molecule has 0 radical (unpaired) electrons. The van der Waals surface area contributed by atoms with Gasteiger partial charge >= 0.3 is 0 Å². The van der Waals surface area contributed by atoms with Crippen molar-refractivity contribution in [2.24, 2.45) is 5.92 Å². The first kappa shape index (κ1) is 14.7. The SMILES string of the molecule is O=C(Nc1ccc(-c2csc(N3CCCC3)n2)cc1)C1CCC1. The van der Waals surface area contributed by atoms with Crippen LogP contribution < -0.4 is 10.2 Å². The van der Waals surface area contributed by atoms with Gasteiger partial charge < -0.3 is 10.2 Å². The van der Waals surface area contributed by atoms with Gasteiger partial charge in [-0.15, -0.1) is 11.3 Å². The molecule has 23 heavy (non-hydrogen) atoms. The molecule has 1 aliphatic carbocycles. The summed E-state index contributed by atoms with van der Waals surface area (Å²) in [6.45, 7) is 2.25.